The molecule has 0 spiro atoms. The summed E-state index contributed by atoms with van der Waals surface area (Å²) in [6.45, 7) is 0.634. The van der Waals surface area contributed by atoms with Crippen molar-refractivity contribution in [1.29, 1.82) is 0 Å². The number of hydrazine groups is 1. The summed E-state index contributed by atoms with van der Waals surface area (Å²) >= 11 is 0. The van der Waals surface area contributed by atoms with Crippen LogP contribution in [0.15, 0.2) is 53.5 Å². The Bertz CT molecular complexity index is 635. The number of benzene rings is 2. The lowest BCUT2D eigenvalue weighted by Crippen LogP contribution is -2.20. The third-order valence-corrected chi connectivity index (χ3v) is 2.97. The highest BCUT2D eigenvalue weighted by molar-refractivity contribution is 6.12. The van der Waals surface area contributed by atoms with Crippen LogP contribution in [0.2, 0.25) is 0 Å². The fourth-order valence-corrected chi connectivity index (χ4v) is 1.98. The van der Waals surface area contributed by atoms with Crippen LogP contribution in [-0.2, 0) is 6.54 Å². The van der Waals surface area contributed by atoms with Crippen molar-refractivity contribution in [2.24, 2.45) is 4.99 Å². The number of anilines is 1. The molecule has 3 rings (SSSR count). The number of para-hydroxylation sites is 1. The first kappa shape index (κ1) is 11.6. The molecule has 1 amide bonds. The van der Waals surface area contributed by atoms with Crippen LogP contribution in [0.25, 0.3) is 0 Å². The summed E-state index contributed by atoms with van der Waals surface area (Å²) in [6, 6.07) is 15.7. The topological polar surface area (TPSA) is 53.5 Å². The smallest absolute Gasteiger partial charge is 0.277 e. The predicted octanol–water partition coefficient (Wildman–Crippen LogP) is 2.38. The van der Waals surface area contributed by atoms with E-state index < -0.39 is 0 Å². The second kappa shape index (κ2) is 5.04. The monoisotopic (exact) mass is 251 g/mol. The van der Waals surface area contributed by atoms with Gasteiger partial charge in [0, 0.05) is 24.0 Å². The van der Waals surface area contributed by atoms with E-state index >= 15 is 0 Å². The van der Waals surface area contributed by atoms with Gasteiger partial charge in [0.25, 0.3) is 5.91 Å². The molecule has 2 aromatic rings. The number of carbonyl (C=O) groups excluding carboxylic acids is 1. The Morgan fingerprint density at radius 1 is 1.05 bits per heavy atom. The number of amides is 1. The summed E-state index contributed by atoms with van der Waals surface area (Å²) in [5.74, 6) is -0.159. The Morgan fingerprint density at radius 3 is 2.74 bits per heavy atom. The van der Waals surface area contributed by atoms with Crippen molar-refractivity contribution in [3.63, 3.8) is 0 Å². The summed E-state index contributed by atoms with van der Waals surface area (Å²) in [6.07, 6.45) is 1.61. The van der Waals surface area contributed by atoms with Gasteiger partial charge in [-0.2, -0.15) is 0 Å². The summed E-state index contributed by atoms with van der Waals surface area (Å²) in [5, 5.41) is 0. The highest BCUT2D eigenvalue weighted by Gasteiger charge is 2.15. The van der Waals surface area contributed by atoms with Crippen molar-refractivity contribution in [3.05, 3.63) is 65.2 Å². The average molecular weight is 251 g/mol. The molecule has 0 atom stereocenters. The van der Waals surface area contributed by atoms with Gasteiger partial charge in [-0.3, -0.25) is 4.79 Å². The summed E-state index contributed by atoms with van der Waals surface area (Å²) in [5.41, 5.74) is 9.85. The molecule has 0 aromatic heterocycles. The van der Waals surface area contributed by atoms with E-state index in [0.717, 1.165) is 16.8 Å². The summed E-state index contributed by atoms with van der Waals surface area (Å²) in [4.78, 5) is 15.3. The normalized spacial score (nSPS) is 12.5. The fraction of sp³-hybridized carbons (Fsp3) is 0.0667. The minimum Gasteiger partial charge on any atom is -0.321 e. The Kier molecular flexibility index (Phi) is 3.08. The number of hydrogen-bond acceptors (Lipinski definition) is 3. The van der Waals surface area contributed by atoms with E-state index in [1.54, 1.807) is 6.21 Å². The lowest BCUT2D eigenvalue weighted by Gasteiger charge is -2.09. The van der Waals surface area contributed by atoms with Crippen LogP contribution in [-0.4, -0.2) is 12.1 Å². The predicted molar refractivity (Wildman–Crippen MR) is 75.3 cm³/mol. The molecule has 19 heavy (non-hydrogen) atoms. The molecule has 4 heteroatoms. The molecule has 0 saturated heterocycles. The van der Waals surface area contributed by atoms with E-state index in [2.05, 4.69) is 15.8 Å². The molecule has 2 aromatic carbocycles. The standard InChI is InChI=1S/C15H13N3O/c19-15-14-8-11(6-7-12(14)10-16-15)9-17-18-13-4-2-1-3-5-13/h1-8,10,17-18H,9H2. The Hall–Kier alpha value is -2.46. The average Bonchev–Trinajstić information content (AvgIpc) is 2.82. The fourth-order valence-electron chi connectivity index (χ4n) is 1.98. The van der Waals surface area contributed by atoms with Crippen molar-refractivity contribution in [2.75, 3.05) is 5.43 Å². The maximum Gasteiger partial charge on any atom is 0.277 e. The van der Waals surface area contributed by atoms with Gasteiger partial charge in [-0.25, -0.2) is 10.4 Å². The molecule has 2 N–H and O–H groups in total. The van der Waals surface area contributed by atoms with Crippen LogP contribution in [0.3, 0.4) is 0 Å². The van der Waals surface area contributed by atoms with Gasteiger partial charge in [-0.1, -0.05) is 30.3 Å². The van der Waals surface area contributed by atoms with Crippen LogP contribution >= 0.6 is 0 Å². The molecule has 94 valence electrons. The maximum atomic E-state index is 11.5. The van der Waals surface area contributed by atoms with Gasteiger partial charge < -0.3 is 5.43 Å². The zero-order valence-electron chi connectivity index (χ0n) is 10.3. The van der Waals surface area contributed by atoms with Gasteiger partial charge in [0.2, 0.25) is 0 Å². The lowest BCUT2D eigenvalue weighted by atomic mass is 10.1. The highest BCUT2D eigenvalue weighted by atomic mass is 16.1. The second-order valence-electron chi connectivity index (χ2n) is 4.33. The Labute approximate surface area is 111 Å². The van der Waals surface area contributed by atoms with Crippen molar-refractivity contribution < 1.29 is 4.79 Å². The third kappa shape index (κ3) is 2.53. The lowest BCUT2D eigenvalue weighted by molar-refractivity contribution is 0.101. The number of rotatable bonds is 4. The Balaban J connectivity index is 1.62. The van der Waals surface area contributed by atoms with E-state index in [0.29, 0.717) is 12.1 Å². The third-order valence-electron chi connectivity index (χ3n) is 2.97. The van der Waals surface area contributed by atoms with Crippen LogP contribution in [0, 0.1) is 0 Å². The highest BCUT2D eigenvalue weighted by Crippen LogP contribution is 2.16. The summed E-state index contributed by atoms with van der Waals surface area (Å²) in [7, 11) is 0. The van der Waals surface area contributed by atoms with Gasteiger partial charge in [-0.05, 0) is 23.8 Å². The second-order valence-corrected chi connectivity index (χ2v) is 4.33. The van der Waals surface area contributed by atoms with Crippen molar-refractivity contribution in [1.82, 2.24) is 5.43 Å². The first-order valence-electron chi connectivity index (χ1n) is 6.08. The Morgan fingerprint density at radius 2 is 1.89 bits per heavy atom. The van der Waals surface area contributed by atoms with Crippen LogP contribution in [0.4, 0.5) is 5.69 Å². The maximum absolute atomic E-state index is 11.5. The largest absolute Gasteiger partial charge is 0.321 e. The SMILES string of the molecule is O=C1N=Cc2ccc(CNNc3ccccc3)cc21. The van der Waals surface area contributed by atoms with Gasteiger partial charge in [0.15, 0.2) is 0 Å². The van der Waals surface area contributed by atoms with Gasteiger partial charge >= 0.3 is 0 Å². The summed E-state index contributed by atoms with van der Waals surface area (Å²) < 4.78 is 0. The van der Waals surface area contributed by atoms with Crippen molar-refractivity contribution >= 4 is 17.8 Å². The molecule has 0 aliphatic carbocycles. The zero-order chi connectivity index (χ0) is 13.1. The molecular weight excluding hydrogens is 238 g/mol. The zero-order valence-corrected chi connectivity index (χ0v) is 10.3. The molecule has 1 aliphatic rings. The molecule has 1 aliphatic heterocycles. The van der Waals surface area contributed by atoms with Crippen molar-refractivity contribution in [3.8, 4) is 0 Å². The number of nitrogens with one attached hydrogen (secondary N) is 2. The number of hydrogen-bond donors (Lipinski definition) is 2. The van der Waals surface area contributed by atoms with E-state index in [9.17, 15) is 4.79 Å². The van der Waals surface area contributed by atoms with E-state index in [1.165, 1.54) is 0 Å². The molecule has 0 fully saturated rings. The first-order valence-corrected chi connectivity index (χ1v) is 6.08. The van der Waals surface area contributed by atoms with Gasteiger partial charge in [0.05, 0.1) is 5.56 Å². The van der Waals surface area contributed by atoms with Crippen molar-refractivity contribution in [2.45, 2.75) is 6.54 Å². The molecule has 4 nitrogen and oxygen atoms in total. The molecule has 0 unspecified atom stereocenters. The molecular formula is C15H13N3O. The minimum atomic E-state index is -0.159. The minimum absolute atomic E-state index is 0.159. The first-order chi connectivity index (χ1) is 9.33. The number of aliphatic imine (C=N–C) groups is 1. The molecule has 1 heterocycles. The molecule has 0 bridgehead atoms. The van der Waals surface area contributed by atoms with E-state index in [-0.39, 0.29) is 5.91 Å². The van der Waals surface area contributed by atoms with Crippen LogP contribution in [0.5, 0.6) is 0 Å². The van der Waals surface area contributed by atoms with Crippen LogP contribution < -0.4 is 10.9 Å². The van der Waals surface area contributed by atoms with Gasteiger partial charge in [-0.15, -0.1) is 0 Å². The van der Waals surface area contributed by atoms with Gasteiger partial charge in [0.1, 0.15) is 0 Å². The van der Waals surface area contributed by atoms with Crippen LogP contribution in [0.1, 0.15) is 21.5 Å². The molecule has 0 radical (unpaired) electrons. The number of nitrogens with zero attached hydrogens (tertiary/aromatic N) is 1. The molecule has 0 saturated carbocycles. The van der Waals surface area contributed by atoms with E-state index in [4.69, 9.17) is 0 Å². The van der Waals surface area contributed by atoms with E-state index in [1.807, 2.05) is 48.5 Å². The number of carbonyl (C=O) groups is 1. The number of fused-ring (bicyclic) bond motifs is 1. The quantitative estimate of drug-likeness (QED) is 0.820.